The molecule has 6 nitrogen and oxygen atoms in total. The fourth-order valence-electron chi connectivity index (χ4n) is 3.72. The summed E-state index contributed by atoms with van der Waals surface area (Å²) in [7, 11) is 1.67. The summed E-state index contributed by atoms with van der Waals surface area (Å²) in [5.74, 6) is -0.130. The first kappa shape index (κ1) is 25.2. The minimum atomic E-state index is -0.951. The summed E-state index contributed by atoms with van der Waals surface area (Å²) in [6.07, 6.45) is 0.872. The van der Waals surface area contributed by atoms with Gasteiger partial charge in [-0.15, -0.1) is 0 Å². The summed E-state index contributed by atoms with van der Waals surface area (Å²) < 4.78 is 31.0. The van der Waals surface area contributed by atoms with Crippen LogP contribution >= 0.6 is 0 Å². The number of carboxylic acids is 1. The van der Waals surface area contributed by atoms with Crippen molar-refractivity contribution in [1.29, 1.82) is 0 Å². The molecule has 1 N–H and O–H groups in total. The van der Waals surface area contributed by atoms with Gasteiger partial charge in [-0.1, -0.05) is 18.2 Å². The van der Waals surface area contributed by atoms with Gasteiger partial charge < -0.3 is 19.3 Å². The number of benzene rings is 2. The molecule has 0 unspecified atom stereocenters. The number of methoxy groups -OCH3 is 1. The average molecular weight is 468 g/mol. The third-order valence-electron chi connectivity index (χ3n) is 5.36. The summed E-state index contributed by atoms with van der Waals surface area (Å²) in [5.41, 5.74) is 4.92. The fourth-order valence-corrected chi connectivity index (χ4v) is 3.72. The van der Waals surface area contributed by atoms with Crippen molar-refractivity contribution in [3.8, 4) is 22.9 Å². The number of hydrogen-bond donors (Lipinski definition) is 1. The highest BCUT2D eigenvalue weighted by molar-refractivity contribution is 5.69. The van der Waals surface area contributed by atoms with E-state index in [1.165, 1.54) is 6.07 Å². The van der Waals surface area contributed by atoms with Gasteiger partial charge in [0.2, 0.25) is 5.88 Å². The third kappa shape index (κ3) is 7.02. The van der Waals surface area contributed by atoms with E-state index in [1.807, 2.05) is 38.1 Å². The van der Waals surface area contributed by atoms with Crippen LogP contribution in [0.4, 0.5) is 4.39 Å². The number of carbonyl (C=O) groups is 1. The smallest absolute Gasteiger partial charge is 0.303 e. The Morgan fingerprint density at radius 3 is 2.47 bits per heavy atom. The molecule has 3 aromatic rings. The van der Waals surface area contributed by atoms with Crippen LogP contribution in [0.5, 0.6) is 11.6 Å². The van der Waals surface area contributed by atoms with E-state index in [9.17, 15) is 9.18 Å². The molecule has 1 heterocycles. The molecule has 0 aliphatic rings. The van der Waals surface area contributed by atoms with Crippen molar-refractivity contribution in [2.45, 2.75) is 39.7 Å². The van der Waals surface area contributed by atoms with Gasteiger partial charge in [-0.25, -0.2) is 9.37 Å². The van der Waals surface area contributed by atoms with E-state index in [0.717, 1.165) is 34.6 Å². The molecule has 0 saturated heterocycles. The maximum absolute atomic E-state index is 14.3. The first-order valence-electron chi connectivity index (χ1n) is 11.2. The molecule has 0 radical (unpaired) electrons. The number of pyridine rings is 1. The lowest BCUT2D eigenvalue weighted by Crippen LogP contribution is -2.03. The van der Waals surface area contributed by atoms with Crippen molar-refractivity contribution in [2.24, 2.45) is 0 Å². The van der Waals surface area contributed by atoms with Crippen LogP contribution < -0.4 is 9.47 Å². The van der Waals surface area contributed by atoms with Crippen LogP contribution in [0.15, 0.2) is 48.5 Å². The lowest BCUT2D eigenvalue weighted by molar-refractivity contribution is -0.136. The van der Waals surface area contributed by atoms with Crippen molar-refractivity contribution in [2.75, 3.05) is 20.3 Å². The van der Waals surface area contributed by atoms with Crippen LogP contribution in [0.25, 0.3) is 11.3 Å². The fraction of sp³-hybridized carbons (Fsp3) is 0.333. The highest BCUT2D eigenvalue weighted by Crippen LogP contribution is 2.31. The Kier molecular flexibility index (Phi) is 8.99. The maximum Gasteiger partial charge on any atom is 0.303 e. The van der Waals surface area contributed by atoms with Gasteiger partial charge in [0.1, 0.15) is 18.2 Å². The Balaban J connectivity index is 1.68. The Bertz CT molecular complexity index is 1110. The molecule has 0 bridgehead atoms. The van der Waals surface area contributed by atoms with Crippen molar-refractivity contribution in [3.05, 3.63) is 76.6 Å². The summed E-state index contributed by atoms with van der Waals surface area (Å²) in [6, 6.07) is 14.3. The summed E-state index contributed by atoms with van der Waals surface area (Å²) in [4.78, 5) is 15.3. The molecular weight excluding hydrogens is 437 g/mol. The molecule has 0 spiro atoms. The van der Waals surface area contributed by atoms with Gasteiger partial charge in [0.05, 0.1) is 12.3 Å². The van der Waals surface area contributed by atoms with Crippen LogP contribution in [0.1, 0.15) is 35.1 Å². The lowest BCUT2D eigenvalue weighted by Gasteiger charge is -2.14. The van der Waals surface area contributed by atoms with Gasteiger partial charge in [-0.05, 0) is 66.8 Å². The molecule has 7 heteroatoms. The zero-order chi connectivity index (χ0) is 24.5. The Labute approximate surface area is 199 Å². The molecule has 0 aliphatic carbocycles. The van der Waals surface area contributed by atoms with Crippen LogP contribution in [0.2, 0.25) is 0 Å². The second kappa shape index (κ2) is 12.1. The van der Waals surface area contributed by atoms with E-state index in [0.29, 0.717) is 30.2 Å². The first-order chi connectivity index (χ1) is 16.4. The van der Waals surface area contributed by atoms with E-state index < -0.39 is 11.8 Å². The SMILES string of the molecule is COCCCOc1cc(C)c(-c2cccc(OCc3ccc(CCC(=O)O)c(F)c3)n2)c(C)c1. The topological polar surface area (TPSA) is 77.9 Å². The number of aryl methyl sites for hydroxylation is 3. The van der Waals surface area contributed by atoms with E-state index in [-0.39, 0.29) is 19.4 Å². The number of nitrogens with zero attached hydrogens (tertiary/aromatic N) is 1. The molecular formula is C27H30FNO5. The van der Waals surface area contributed by atoms with Gasteiger partial charge in [-0.3, -0.25) is 4.79 Å². The van der Waals surface area contributed by atoms with Crippen molar-refractivity contribution in [3.63, 3.8) is 0 Å². The van der Waals surface area contributed by atoms with Gasteiger partial charge in [0.15, 0.2) is 0 Å². The quantitative estimate of drug-likeness (QED) is 0.354. The van der Waals surface area contributed by atoms with Gasteiger partial charge >= 0.3 is 5.97 Å². The molecule has 0 fully saturated rings. The number of carboxylic acid groups (broad SMARTS) is 1. The highest BCUT2D eigenvalue weighted by atomic mass is 19.1. The Morgan fingerprint density at radius 2 is 1.79 bits per heavy atom. The van der Waals surface area contributed by atoms with E-state index >= 15 is 0 Å². The number of halogens is 1. The summed E-state index contributed by atoms with van der Waals surface area (Å²) >= 11 is 0. The molecule has 0 atom stereocenters. The minimum absolute atomic E-state index is 0.108. The van der Waals surface area contributed by atoms with Gasteiger partial charge in [0, 0.05) is 38.2 Å². The maximum atomic E-state index is 14.3. The van der Waals surface area contributed by atoms with Crippen molar-refractivity contribution < 1.29 is 28.5 Å². The molecule has 2 aromatic carbocycles. The molecule has 0 aliphatic heterocycles. The largest absolute Gasteiger partial charge is 0.493 e. The van der Waals surface area contributed by atoms with Gasteiger partial charge in [-0.2, -0.15) is 0 Å². The van der Waals surface area contributed by atoms with Gasteiger partial charge in [0.25, 0.3) is 0 Å². The highest BCUT2D eigenvalue weighted by Gasteiger charge is 2.12. The summed E-state index contributed by atoms with van der Waals surface area (Å²) in [5, 5.41) is 8.78. The van der Waals surface area contributed by atoms with Crippen molar-refractivity contribution >= 4 is 5.97 Å². The van der Waals surface area contributed by atoms with E-state index in [4.69, 9.17) is 19.3 Å². The molecule has 34 heavy (non-hydrogen) atoms. The molecule has 1 aromatic heterocycles. The molecule has 180 valence electrons. The Morgan fingerprint density at radius 1 is 1.03 bits per heavy atom. The zero-order valence-electron chi connectivity index (χ0n) is 19.8. The standard InChI is InChI=1S/C27H30FNO5/c1-18-14-22(33-13-5-12-32-3)15-19(2)27(18)24-6-4-7-25(29-24)34-17-20-8-9-21(23(28)16-20)10-11-26(30)31/h4,6-9,14-16H,5,10-13,17H2,1-3H3,(H,30,31). The Hall–Kier alpha value is -3.45. The second-order valence-corrected chi connectivity index (χ2v) is 8.10. The normalized spacial score (nSPS) is 10.8. The molecule has 3 rings (SSSR count). The van der Waals surface area contributed by atoms with E-state index in [1.54, 1.807) is 25.3 Å². The van der Waals surface area contributed by atoms with E-state index in [2.05, 4.69) is 4.98 Å². The number of ether oxygens (including phenoxy) is 3. The average Bonchev–Trinajstić information content (AvgIpc) is 2.80. The monoisotopic (exact) mass is 467 g/mol. The zero-order valence-corrected chi connectivity index (χ0v) is 19.8. The second-order valence-electron chi connectivity index (χ2n) is 8.10. The first-order valence-corrected chi connectivity index (χ1v) is 11.2. The number of hydrogen-bond acceptors (Lipinski definition) is 5. The van der Waals surface area contributed by atoms with Crippen LogP contribution in [-0.2, 0) is 22.6 Å². The van der Waals surface area contributed by atoms with Crippen LogP contribution in [-0.4, -0.2) is 36.4 Å². The lowest BCUT2D eigenvalue weighted by atomic mass is 9.99. The number of rotatable bonds is 12. The summed E-state index contributed by atoms with van der Waals surface area (Å²) in [6.45, 7) is 5.45. The third-order valence-corrected chi connectivity index (χ3v) is 5.36. The molecule has 0 amide bonds. The van der Waals surface area contributed by atoms with Crippen molar-refractivity contribution in [1.82, 2.24) is 4.98 Å². The minimum Gasteiger partial charge on any atom is -0.493 e. The number of aliphatic carboxylic acids is 1. The molecule has 0 saturated carbocycles. The van der Waals surface area contributed by atoms with Crippen LogP contribution in [0.3, 0.4) is 0 Å². The predicted molar refractivity (Wildman–Crippen MR) is 128 cm³/mol. The predicted octanol–water partition coefficient (Wildman–Crippen LogP) is 5.52. The number of aromatic nitrogens is 1. The van der Waals surface area contributed by atoms with Crippen LogP contribution in [0, 0.1) is 19.7 Å².